The Hall–Kier alpha value is -1.80. The zero-order valence-electron chi connectivity index (χ0n) is 11.7. The van der Waals surface area contributed by atoms with Crippen molar-refractivity contribution in [2.45, 2.75) is 13.1 Å². The Morgan fingerprint density at radius 3 is 2.23 bits per heavy atom. The van der Waals surface area contributed by atoms with E-state index in [1.807, 2.05) is 0 Å². The molecule has 0 heterocycles. The fourth-order valence-corrected chi connectivity index (χ4v) is 1.36. The Morgan fingerprint density at radius 2 is 1.77 bits per heavy atom. The summed E-state index contributed by atoms with van der Waals surface area (Å²) in [5.74, 6) is -1.47. The van der Waals surface area contributed by atoms with Crippen molar-refractivity contribution in [2.75, 3.05) is 18.4 Å². The van der Waals surface area contributed by atoms with E-state index in [0.717, 1.165) is 0 Å². The molecule has 1 rings (SSSR count). The average Bonchev–Trinajstić information content (AvgIpc) is 2.43. The Kier molecular flexibility index (Phi) is 7.89. The van der Waals surface area contributed by atoms with Gasteiger partial charge in [0.2, 0.25) is 5.91 Å². The van der Waals surface area contributed by atoms with Crippen molar-refractivity contribution in [3.8, 4) is 0 Å². The van der Waals surface area contributed by atoms with Gasteiger partial charge in [-0.15, -0.1) is 12.4 Å². The van der Waals surface area contributed by atoms with Gasteiger partial charge in [0.15, 0.2) is 0 Å². The topological polar surface area (TPSA) is 84.2 Å². The van der Waals surface area contributed by atoms with Gasteiger partial charge in [-0.05, 0) is 24.3 Å². The normalized spacial score (nSPS) is 12.0. The van der Waals surface area contributed by atoms with Crippen molar-refractivity contribution in [1.29, 1.82) is 0 Å². The molecule has 0 aliphatic heterocycles. The maximum atomic E-state index is 12.0. The molecule has 0 aliphatic rings. The summed E-state index contributed by atoms with van der Waals surface area (Å²) >= 11 is 0. The number of benzene rings is 1. The van der Waals surface area contributed by atoms with Crippen LogP contribution in [0.15, 0.2) is 24.3 Å². The highest BCUT2D eigenvalue weighted by atomic mass is 35.5. The fourth-order valence-electron chi connectivity index (χ4n) is 1.36. The Labute approximate surface area is 131 Å². The average molecular weight is 340 g/mol. The smallest absolute Gasteiger partial charge is 0.343 e. The molecule has 0 saturated carbocycles. The van der Waals surface area contributed by atoms with E-state index in [4.69, 9.17) is 5.73 Å². The maximum Gasteiger partial charge on any atom is 0.405 e. The van der Waals surface area contributed by atoms with Gasteiger partial charge in [0.05, 0.1) is 0 Å². The number of hydrogen-bond acceptors (Lipinski definition) is 3. The number of nitrogens with one attached hydrogen (secondary N) is 2. The number of carbonyl (C=O) groups excluding carboxylic acids is 2. The van der Waals surface area contributed by atoms with Crippen molar-refractivity contribution >= 4 is 29.9 Å². The summed E-state index contributed by atoms with van der Waals surface area (Å²) in [5.41, 5.74) is 5.86. The summed E-state index contributed by atoms with van der Waals surface area (Å²) in [6, 6.07) is 5.52. The lowest BCUT2D eigenvalue weighted by Crippen LogP contribution is -2.33. The lowest BCUT2D eigenvalue weighted by atomic mass is 10.1. The summed E-state index contributed by atoms with van der Waals surface area (Å²) in [5, 5.41) is 4.34. The predicted molar refractivity (Wildman–Crippen MR) is 78.9 cm³/mol. The first-order valence-electron chi connectivity index (χ1n) is 6.19. The van der Waals surface area contributed by atoms with Crippen molar-refractivity contribution in [3.63, 3.8) is 0 Å². The molecule has 1 atom stereocenters. The zero-order chi connectivity index (χ0) is 16.0. The van der Waals surface area contributed by atoms with Gasteiger partial charge in [-0.1, -0.05) is 6.92 Å². The van der Waals surface area contributed by atoms with E-state index < -0.39 is 18.6 Å². The third-order valence-corrected chi connectivity index (χ3v) is 2.67. The molecule has 2 amide bonds. The molecule has 0 spiro atoms. The molecule has 0 saturated heterocycles. The standard InChI is InChI=1S/C13H16F3N3O2.ClH/c1-8(6-17)11(20)19-10-4-2-9(3-5-10)12(21)18-7-13(14,15)16;/h2-5,8H,6-7,17H2,1H3,(H,18,21)(H,19,20);1H. The molecule has 5 nitrogen and oxygen atoms in total. The molecule has 4 N–H and O–H groups in total. The van der Waals surface area contributed by atoms with Crippen LogP contribution in [0.5, 0.6) is 0 Å². The van der Waals surface area contributed by atoms with E-state index >= 15 is 0 Å². The van der Waals surface area contributed by atoms with Gasteiger partial charge < -0.3 is 16.4 Å². The predicted octanol–water partition coefficient (Wildman–Crippen LogP) is 1.93. The minimum absolute atomic E-state index is 0. The van der Waals surface area contributed by atoms with Crippen LogP contribution in [0.2, 0.25) is 0 Å². The van der Waals surface area contributed by atoms with E-state index in [-0.39, 0.29) is 36.3 Å². The van der Waals surface area contributed by atoms with Crippen molar-refractivity contribution < 1.29 is 22.8 Å². The summed E-state index contributed by atoms with van der Waals surface area (Å²) < 4.78 is 35.9. The van der Waals surface area contributed by atoms with Gasteiger partial charge in [-0.3, -0.25) is 9.59 Å². The molecule has 1 aromatic carbocycles. The Bertz CT molecular complexity index is 506. The van der Waals surface area contributed by atoms with Crippen LogP contribution in [0.3, 0.4) is 0 Å². The van der Waals surface area contributed by atoms with Crippen LogP contribution in [0.25, 0.3) is 0 Å². The molecule has 0 aromatic heterocycles. The SMILES string of the molecule is CC(CN)C(=O)Nc1ccc(C(=O)NCC(F)(F)F)cc1.Cl. The first kappa shape index (κ1) is 20.2. The summed E-state index contributed by atoms with van der Waals surface area (Å²) in [4.78, 5) is 23.0. The van der Waals surface area contributed by atoms with E-state index in [1.165, 1.54) is 24.3 Å². The number of halogens is 4. The van der Waals surface area contributed by atoms with Crippen LogP contribution in [0.1, 0.15) is 17.3 Å². The second-order valence-corrected chi connectivity index (χ2v) is 4.50. The second kappa shape index (κ2) is 8.60. The van der Waals surface area contributed by atoms with E-state index in [9.17, 15) is 22.8 Å². The highest BCUT2D eigenvalue weighted by molar-refractivity contribution is 5.96. The minimum Gasteiger partial charge on any atom is -0.343 e. The van der Waals surface area contributed by atoms with Crippen LogP contribution >= 0.6 is 12.4 Å². The van der Waals surface area contributed by atoms with Gasteiger partial charge in [0, 0.05) is 23.7 Å². The van der Waals surface area contributed by atoms with Gasteiger partial charge in [-0.25, -0.2) is 0 Å². The molecule has 124 valence electrons. The lowest BCUT2D eigenvalue weighted by molar-refractivity contribution is -0.123. The van der Waals surface area contributed by atoms with Crippen LogP contribution in [0.4, 0.5) is 18.9 Å². The summed E-state index contributed by atoms with van der Waals surface area (Å²) in [6.45, 7) is 0.469. The van der Waals surface area contributed by atoms with Gasteiger partial charge >= 0.3 is 6.18 Å². The molecule has 1 aromatic rings. The van der Waals surface area contributed by atoms with Crippen LogP contribution in [0, 0.1) is 5.92 Å². The molecule has 22 heavy (non-hydrogen) atoms. The molecule has 0 bridgehead atoms. The summed E-state index contributed by atoms with van der Waals surface area (Å²) in [7, 11) is 0. The van der Waals surface area contributed by atoms with E-state index in [1.54, 1.807) is 12.2 Å². The lowest BCUT2D eigenvalue weighted by Gasteiger charge is -2.11. The number of hydrogen-bond donors (Lipinski definition) is 3. The molecule has 0 radical (unpaired) electrons. The highest BCUT2D eigenvalue weighted by Crippen LogP contribution is 2.14. The van der Waals surface area contributed by atoms with Crippen molar-refractivity contribution in [3.05, 3.63) is 29.8 Å². The monoisotopic (exact) mass is 339 g/mol. The second-order valence-electron chi connectivity index (χ2n) is 4.50. The molecular weight excluding hydrogens is 323 g/mol. The van der Waals surface area contributed by atoms with Gasteiger partial charge in [0.1, 0.15) is 6.54 Å². The third kappa shape index (κ3) is 6.77. The maximum absolute atomic E-state index is 12.0. The number of alkyl halides is 3. The Morgan fingerprint density at radius 1 is 1.23 bits per heavy atom. The number of amides is 2. The van der Waals surface area contributed by atoms with Crippen molar-refractivity contribution in [2.24, 2.45) is 11.7 Å². The number of anilines is 1. The van der Waals surface area contributed by atoms with Gasteiger partial charge in [-0.2, -0.15) is 13.2 Å². The highest BCUT2D eigenvalue weighted by Gasteiger charge is 2.27. The largest absolute Gasteiger partial charge is 0.405 e. The molecule has 0 aliphatic carbocycles. The first-order valence-corrected chi connectivity index (χ1v) is 6.19. The molecule has 1 unspecified atom stereocenters. The Balaban J connectivity index is 0.00000441. The number of carbonyl (C=O) groups is 2. The van der Waals surface area contributed by atoms with Crippen LogP contribution in [-0.2, 0) is 4.79 Å². The van der Waals surface area contributed by atoms with Gasteiger partial charge in [0.25, 0.3) is 5.91 Å². The number of nitrogens with two attached hydrogens (primary N) is 1. The zero-order valence-corrected chi connectivity index (χ0v) is 12.6. The first-order chi connectivity index (χ1) is 9.73. The minimum atomic E-state index is -4.46. The fraction of sp³-hybridized carbons (Fsp3) is 0.385. The third-order valence-electron chi connectivity index (χ3n) is 2.67. The number of rotatable bonds is 5. The van der Waals surface area contributed by atoms with E-state index in [2.05, 4.69) is 5.32 Å². The quantitative estimate of drug-likeness (QED) is 0.766. The van der Waals surface area contributed by atoms with Crippen LogP contribution < -0.4 is 16.4 Å². The van der Waals surface area contributed by atoms with Crippen molar-refractivity contribution in [1.82, 2.24) is 5.32 Å². The van der Waals surface area contributed by atoms with E-state index in [0.29, 0.717) is 5.69 Å². The molecule has 0 fully saturated rings. The summed E-state index contributed by atoms with van der Waals surface area (Å²) in [6.07, 6.45) is -4.46. The molecular formula is C13H17ClF3N3O2. The van der Waals surface area contributed by atoms with Crippen LogP contribution in [-0.4, -0.2) is 31.1 Å². The molecule has 9 heteroatoms.